The molecular formula is C9H17N3O2. The summed E-state index contributed by atoms with van der Waals surface area (Å²) in [4.78, 5) is 13.3. The van der Waals surface area contributed by atoms with Crippen LogP contribution in [0.2, 0.25) is 0 Å². The van der Waals surface area contributed by atoms with Crippen LogP contribution in [-0.2, 0) is 4.79 Å². The van der Waals surface area contributed by atoms with Gasteiger partial charge in [0.15, 0.2) is 5.84 Å². The highest BCUT2D eigenvalue weighted by Crippen LogP contribution is 2.29. The van der Waals surface area contributed by atoms with Gasteiger partial charge < -0.3 is 15.8 Å². The Morgan fingerprint density at radius 1 is 1.71 bits per heavy atom. The molecule has 3 N–H and O–H groups in total. The monoisotopic (exact) mass is 199 g/mol. The second-order valence-corrected chi connectivity index (χ2v) is 3.91. The molecule has 14 heavy (non-hydrogen) atoms. The molecular weight excluding hydrogens is 182 g/mol. The number of hydrogen-bond donors (Lipinski definition) is 2. The summed E-state index contributed by atoms with van der Waals surface area (Å²) >= 11 is 0. The molecule has 5 heteroatoms. The Morgan fingerprint density at radius 3 is 2.71 bits per heavy atom. The van der Waals surface area contributed by atoms with E-state index in [9.17, 15) is 4.79 Å². The van der Waals surface area contributed by atoms with Crippen LogP contribution in [0.3, 0.4) is 0 Å². The summed E-state index contributed by atoms with van der Waals surface area (Å²) in [6.07, 6.45) is 2.41. The van der Waals surface area contributed by atoms with Crippen molar-refractivity contribution < 1.29 is 10.0 Å². The van der Waals surface area contributed by atoms with Crippen LogP contribution in [0.15, 0.2) is 5.16 Å². The maximum absolute atomic E-state index is 11.7. The predicted octanol–water partition coefficient (Wildman–Crippen LogP) is 0.237. The number of nitrogens with two attached hydrogens (primary N) is 1. The van der Waals surface area contributed by atoms with Gasteiger partial charge in [0.1, 0.15) is 0 Å². The van der Waals surface area contributed by atoms with E-state index >= 15 is 0 Å². The number of oxime groups is 1. The summed E-state index contributed by atoms with van der Waals surface area (Å²) < 4.78 is 0. The fraction of sp³-hybridized carbons (Fsp3) is 0.778. The highest BCUT2D eigenvalue weighted by atomic mass is 16.4. The molecule has 1 rings (SSSR count). The largest absolute Gasteiger partial charge is 0.409 e. The number of carbonyl (C=O) groups is 1. The van der Waals surface area contributed by atoms with E-state index in [1.165, 1.54) is 12.8 Å². The molecule has 1 unspecified atom stereocenters. The van der Waals surface area contributed by atoms with Gasteiger partial charge in [0, 0.05) is 13.6 Å². The third kappa shape index (κ3) is 2.61. The van der Waals surface area contributed by atoms with Gasteiger partial charge in [-0.05, 0) is 25.7 Å². The van der Waals surface area contributed by atoms with Gasteiger partial charge in [-0.2, -0.15) is 0 Å². The molecule has 1 amide bonds. The van der Waals surface area contributed by atoms with Crippen molar-refractivity contribution in [2.24, 2.45) is 22.7 Å². The fourth-order valence-corrected chi connectivity index (χ4v) is 1.32. The van der Waals surface area contributed by atoms with E-state index in [-0.39, 0.29) is 11.7 Å². The predicted molar refractivity (Wildman–Crippen MR) is 52.9 cm³/mol. The zero-order valence-electron chi connectivity index (χ0n) is 8.60. The van der Waals surface area contributed by atoms with Crippen LogP contribution in [0.25, 0.3) is 0 Å². The van der Waals surface area contributed by atoms with Crippen molar-refractivity contribution in [1.29, 1.82) is 0 Å². The summed E-state index contributed by atoms with van der Waals surface area (Å²) in [7, 11) is 1.75. The van der Waals surface area contributed by atoms with Gasteiger partial charge in [-0.1, -0.05) is 5.16 Å². The highest BCUT2D eigenvalue weighted by molar-refractivity contribution is 6.01. The first-order valence-electron chi connectivity index (χ1n) is 4.78. The van der Waals surface area contributed by atoms with E-state index in [0.717, 1.165) is 6.54 Å². The maximum Gasteiger partial charge on any atom is 0.232 e. The summed E-state index contributed by atoms with van der Waals surface area (Å²) in [5, 5.41) is 11.3. The molecule has 0 aromatic carbocycles. The van der Waals surface area contributed by atoms with E-state index in [0.29, 0.717) is 5.92 Å². The van der Waals surface area contributed by atoms with Crippen LogP contribution in [0, 0.1) is 11.8 Å². The van der Waals surface area contributed by atoms with Crippen LogP contribution in [0.5, 0.6) is 0 Å². The Kier molecular flexibility index (Phi) is 3.33. The quantitative estimate of drug-likeness (QED) is 0.294. The van der Waals surface area contributed by atoms with Gasteiger partial charge >= 0.3 is 0 Å². The number of nitrogens with zero attached hydrogens (tertiary/aromatic N) is 2. The molecule has 0 aromatic rings. The molecule has 80 valence electrons. The molecule has 0 aromatic heterocycles. The molecule has 0 saturated heterocycles. The minimum Gasteiger partial charge on any atom is -0.409 e. The summed E-state index contributed by atoms with van der Waals surface area (Å²) in [5.74, 6) is -0.00274. The molecule has 0 heterocycles. The number of hydrogen-bond acceptors (Lipinski definition) is 3. The Morgan fingerprint density at radius 2 is 2.29 bits per heavy atom. The van der Waals surface area contributed by atoms with Crippen LogP contribution < -0.4 is 5.73 Å². The SMILES string of the molecule is CC(C(=O)N(C)CC1CC1)C(N)=NO. The van der Waals surface area contributed by atoms with Gasteiger partial charge in [-0.3, -0.25) is 4.79 Å². The lowest BCUT2D eigenvalue weighted by atomic mass is 10.1. The second kappa shape index (κ2) is 4.30. The summed E-state index contributed by atoms with van der Waals surface area (Å²) in [6, 6.07) is 0. The minimum absolute atomic E-state index is 0.0300. The smallest absolute Gasteiger partial charge is 0.232 e. The average Bonchev–Trinajstić information content (AvgIpc) is 2.97. The van der Waals surface area contributed by atoms with Crippen molar-refractivity contribution in [1.82, 2.24) is 4.90 Å². The first-order valence-corrected chi connectivity index (χ1v) is 4.78. The molecule has 1 aliphatic carbocycles. The minimum atomic E-state index is -0.538. The van der Waals surface area contributed by atoms with E-state index < -0.39 is 5.92 Å². The van der Waals surface area contributed by atoms with Gasteiger partial charge in [0.25, 0.3) is 0 Å². The Hall–Kier alpha value is -1.26. The number of amidine groups is 1. The lowest BCUT2D eigenvalue weighted by Crippen LogP contribution is -2.39. The van der Waals surface area contributed by atoms with Crippen molar-refractivity contribution in [3.8, 4) is 0 Å². The average molecular weight is 199 g/mol. The lowest BCUT2D eigenvalue weighted by Gasteiger charge is -2.20. The Bertz CT molecular complexity index is 248. The molecule has 0 radical (unpaired) electrons. The van der Waals surface area contributed by atoms with Crippen LogP contribution in [0.4, 0.5) is 0 Å². The molecule has 5 nitrogen and oxygen atoms in total. The van der Waals surface area contributed by atoms with Crippen LogP contribution >= 0.6 is 0 Å². The van der Waals surface area contributed by atoms with Gasteiger partial charge in [-0.15, -0.1) is 0 Å². The number of rotatable bonds is 4. The van der Waals surface area contributed by atoms with Crippen molar-refractivity contribution in [2.45, 2.75) is 19.8 Å². The fourth-order valence-electron chi connectivity index (χ4n) is 1.32. The van der Waals surface area contributed by atoms with Gasteiger partial charge in [-0.25, -0.2) is 0 Å². The number of carbonyl (C=O) groups excluding carboxylic acids is 1. The maximum atomic E-state index is 11.7. The van der Waals surface area contributed by atoms with Crippen molar-refractivity contribution in [3.05, 3.63) is 0 Å². The molecule has 0 bridgehead atoms. The normalized spacial score (nSPS) is 19.1. The van der Waals surface area contributed by atoms with Gasteiger partial charge in [0.05, 0.1) is 5.92 Å². The topological polar surface area (TPSA) is 78.9 Å². The van der Waals surface area contributed by atoms with Crippen LogP contribution in [0.1, 0.15) is 19.8 Å². The zero-order valence-corrected chi connectivity index (χ0v) is 8.60. The third-order valence-corrected chi connectivity index (χ3v) is 2.53. The first kappa shape index (κ1) is 10.8. The van der Waals surface area contributed by atoms with Crippen molar-refractivity contribution in [2.75, 3.05) is 13.6 Å². The number of amides is 1. The van der Waals surface area contributed by atoms with E-state index in [1.54, 1.807) is 18.9 Å². The van der Waals surface area contributed by atoms with Crippen molar-refractivity contribution >= 4 is 11.7 Å². The standard InChI is InChI=1S/C9H17N3O2/c1-6(8(10)11-14)9(13)12(2)5-7-3-4-7/h6-7,14H,3-5H2,1-2H3,(H2,10,11). The van der Waals surface area contributed by atoms with Gasteiger partial charge in [0.2, 0.25) is 5.91 Å². The molecule has 1 aliphatic rings. The summed E-state index contributed by atoms with van der Waals surface area (Å²) in [5.41, 5.74) is 5.35. The highest BCUT2D eigenvalue weighted by Gasteiger charge is 2.27. The Labute approximate surface area is 83.6 Å². The van der Waals surface area contributed by atoms with E-state index in [1.807, 2.05) is 0 Å². The molecule has 1 atom stereocenters. The second-order valence-electron chi connectivity index (χ2n) is 3.91. The first-order chi connectivity index (χ1) is 6.56. The molecule has 1 saturated carbocycles. The lowest BCUT2D eigenvalue weighted by molar-refractivity contribution is -0.131. The molecule has 0 spiro atoms. The molecule has 0 aliphatic heterocycles. The Balaban J connectivity index is 2.45. The van der Waals surface area contributed by atoms with E-state index in [4.69, 9.17) is 10.9 Å². The van der Waals surface area contributed by atoms with Crippen LogP contribution in [-0.4, -0.2) is 35.4 Å². The van der Waals surface area contributed by atoms with E-state index in [2.05, 4.69) is 5.16 Å². The third-order valence-electron chi connectivity index (χ3n) is 2.53. The zero-order chi connectivity index (χ0) is 10.7. The molecule has 1 fully saturated rings. The van der Waals surface area contributed by atoms with Crippen molar-refractivity contribution in [3.63, 3.8) is 0 Å². The summed E-state index contributed by atoms with van der Waals surface area (Å²) in [6.45, 7) is 2.42.